The lowest BCUT2D eigenvalue weighted by atomic mass is 9.90. The number of hydrogen-bond donors (Lipinski definition) is 2. The largest absolute Gasteiger partial charge is 0.368 e. The van der Waals surface area contributed by atoms with Crippen LogP contribution in [-0.4, -0.2) is 79.6 Å². The average molecular weight is 465 g/mol. The molecule has 170 valence electrons. The predicted molar refractivity (Wildman–Crippen MR) is 119 cm³/mol. The highest BCUT2D eigenvalue weighted by Gasteiger charge is 2.43. The lowest BCUT2D eigenvalue weighted by Crippen LogP contribution is -2.60. The van der Waals surface area contributed by atoms with Gasteiger partial charge in [0.05, 0.1) is 6.04 Å². The topological polar surface area (TPSA) is 73.9 Å². The van der Waals surface area contributed by atoms with Crippen LogP contribution < -0.4 is 10.6 Å². The number of ether oxygens (including phenoxy) is 1. The van der Waals surface area contributed by atoms with Crippen molar-refractivity contribution in [2.24, 2.45) is 0 Å². The second-order valence-corrected chi connectivity index (χ2v) is 7.45. The molecule has 2 saturated heterocycles. The maximum atomic E-state index is 13.3. The van der Waals surface area contributed by atoms with Gasteiger partial charge in [-0.3, -0.25) is 14.5 Å². The fourth-order valence-corrected chi connectivity index (χ4v) is 3.92. The maximum absolute atomic E-state index is 13.3. The molecule has 2 heterocycles. The first-order chi connectivity index (χ1) is 13.4. The molecule has 1 atom stereocenters. The number of carbonyl (C=O) groups excluding carboxylic acids is 2. The predicted octanol–water partition coefficient (Wildman–Crippen LogP) is 1.91. The monoisotopic (exact) mass is 464 g/mol. The Labute approximate surface area is 189 Å². The Morgan fingerprint density at radius 2 is 1.80 bits per heavy atom. The summed E-state index contributed by atoms with van der Waals surface area (Å²) >= 11 is 0. The minimum absolute atomic E-state index is 0. The number of piperidine rings is 1. The van der Waals surface area contributed by atoms with Crippen molar-refractivity contribution in [3.63, 3.8) is 0 Å². The third-order valence-corrected chi connectivity index (χ3v) is 5.81. The van der Waals surface area contributed by atoms with Gasteiger partial charge in [0, 0.05) is 39.0 Å². The van der Waals surface area contributed by atoms with E-state index in [0.29, 0.717) is 44.7 Å². The van der Waals surface area contributed by atoms with Crippen LogP contribution >= 0.6 is 24.8 Å². The summed E-state index contributed by atoms with van der Waals surface area (Å²) in [6, 6.07) is 5.49. The molecule has 7 nitrogen and oxygen atoms in total. The molecule has 0 spiro atoms. The van der Waals surface area contributed by atoms with Gasteiger partial charge in [-0.2, -0.15) is 0 Å². The molecule has 2 aliphatic heterocycles. The molecule has 1 aromatic carbocycles. The second-order valence-electron chi connectivity index (χ2n) is 7.45. The van der Waals surface area contributed by atoms with Gasteiger partial charge in [0.25, 0.3) is 5.91 Å². The Bertz CT molecular complexity index is 711. The molecule has 2 fully saturated rings. The molecule has 0 bridgehead atoms. The Morgan fingerprint density at radius 3 is 2.37 bits per heavy atom. The van der Waals surface area contributed by atoms with Crippen molar-refractivity contribution in [1.82, 2.24) is 15.1 Å². The van der Waals surface area contributed by atoms with Gasteiger partial charge in [0.2, 0.25) is 5.91 Å². The molecule has 2 aliphatic rings. The molecule has 0 saturated carbocycles. The van der Waals surface area contributed by atoms with Crippen LogP contribution in [0.4, 0.5) is 10.1 Å². The molecule has 2 N–H and O–H groups in total. The fraction of sp³-hybridized carbons (Fsp3) is 0.600. The minimum Gasteiger partial charge on any atom is -0.368 e. The van der Waals surface area contributed by atoms with E-state index in [1.807, 2.05) is 16.7 Å². The lowest BCUT2D eigenvalue weighted by Gasteiger charge is -2.43. The number of anilines is 1. The number of nitrogens with zero attached hydrogens (tertiary/aromatic N) is 2. The van der Waals surface area contributed by atoms with Crippen LogP contribution in [0.25, 0.3) is 0 Å². The number of rotatable bonds is 5. The molecule has 0 radical (unpaired) electrons. The van der Waals surface area contributed by atoms with Crippen LogP contribution in [0.3, 0.4) is 0 Å². The van der Waals surface area contributed by atoms with E-state index in [-0.39, 0.29) is 48.5 Å². The van der Waals surface area contributed by atoms with E-state index in [1.165, 1.54) is 12.1 Å². The molecule has 1 aromatic rings. The normalized spacial score (nSPS) is 19.8. The van der Waals surface area contributed by atoms with Gasteiger partial charge < -0.3 is 20.3 Å². The summed E-state index contributed by atoms with van der Waals surface area (Å²) in [5.41, 5.74) is -0.285. The number of piperazine rings is 1. The van der Waals surface area contributed by atoms with E-state index < -0.39 is 5.60 Å². The number of amides is 2. The number of benzene rings is 1. The summed E-state index contributed by atoms with van der Waals surface area (Å²) in [5.74, 6) is -0.521. The van der Waals surface area contributed by atoms with Gasteiger partial charge in [-0.25, -0.2) is 4.39 Å². The van der Waals surface area contributed by atoms with E-state index in [1.54, 1.807) is 19.2 Å². The highest BCUT2D eigenvalue weighted by molar-refractivity contribution is 5.94. The first-order valence-electron chi connectivity index (χ1n) is 9.81. The van der Waals surface area contributed by atoms with Crippen molar-refractivity contribution < 1.29 is 18.7 Å². The Morgan fingerprint density at radius 1 is 1.17 bits per heavy atom. The molecule has 2 amide bonds. The standard InChI is InChI=1S/C20H29FN4O3.2ClH/c1-15(18(26)23-17-5-3-4-16(21)14-17)24-10-12-25(13-11-24)19(27)20(28-2)6-8-22-9-7-20;;/h3-5,14-15,22H,6-13H2,1-2H3,(H,23,26);2*1H. The summed E-state index contributed by atoms with van der Waals surface area (Å²) in [6.07, 6.45) is 1.35. The molecule has 3 rings (SSSR count). The van der Waals surface area contributed by atoms with Crippen LogP contribution in [0.5, 0.6) is 0 Å². The fourth-order valence-electron chi connectivity index (χ4n) is 3.92. The van der Waals surface area contributed by atoms with Crippen molar-refractivity contribution >= 4 is 42.3 Å². The molecular weight excluding hydrogens is 434 g/mol. The Hall–Kier alpha value is -1.45. The first kappa shape index (κ1) is 26.6. The highest BCUT2D eigenvalue weighted by Crippen LogP contribution is 2.26. The van der Waals surface area contributed by atoms with Gasteiger partial charge in [-0.05, 0) is 51.1 Å². The summed E-state index contributed by atoms with van der Waals surface area (Å²) in [4.78, 5) is 29.4. The van der Waals surface area contributed by atoms with Crippen molar-refractivity contribution in [2.75, 3.05) is 51.7 Å². The SMILES string of the molecule is COC1(C(=O)N2CCN(C(C)C(=O)Nc3cccc(F)c3)CC2)CCNCC1.Cl.Cl. The van der Waals surface area contributed by atoms with Crippen molar-refractivity contribution in [3.05, 3.63) is 30.1 Å². The quantitative estimate of drug-likeness (QED) is 0.695. The number of nitrogens with one attached hydrogen (secondary N) is 2. The van der Waals surface area contributed by atoms with Gasteiger partial charge in [0.15, 0.2) is 0 Å². The summed E-state index contributed by atoms with van der Waals surface area (Å²) in [6.45, 7) is 5.73. The van der Waals surface area contributed by atoms with E-state index in [0.717, 1.165) is 13.1 Å². The van der Waals surface area contributed by atoms with Crippen LogP contribution in [-0.2, 0) is 14.3 Å². The van der Waals surface area contributed by atoms with Crippen molar-refractivity contribution in [1.29, 1.82) is 0 Å². The number of halogens is 3. The third kappa shape index (κ3) is 6.04. The summed E-state index contributed by atoms with van der Waals surface area (Å²) < 4.78 is 18.9. The number of hydrogen-bond acceptors (Lipinski definition) is 5. The van der Waals surface area contributed by atoms with Gasteiger partial charge >= 0.3 is 0 Å². The third-order valence-electron chi connectivity index (χ3n) is 5.81. The van der Waals surface area contributed by atoms with E-state index in [9.17, 15) is 14.0 Å². The molecule has 0 aliphatic carbocycles. The number of carbonyl (C=O) groups is 2. The molecule has 1 unspecified atom stereocenters. The van der Waals surface area contributed by atoms with E-state index in [4.69, 9.17) is 4.74 Å². The minimum atomic E-state index is -0.728. The molecule has 10 heteroatoms. The van der Waals surface area contributed by atoms with Crippen molar-refractivity contribution in [3.8, 4) is 0 Å². The lowest BCUT2D eigenvalue weighted by molar-refractivity contribution is -0.160. The van der Waals surface area contributed by atoms with Gasteiger partial charge in [0.1, 0.15) is 11.4 Å². The molecular formula is C20H31Cl2FN4O3. The molecule has 30 heavy (non-hydrogen) atoms. The van der Waals surface area contributed by atoms with E-state index >= 15 is 0 Å². The molecule has 0 aromatic heterocycles. The van der Waals surface area contributed by atoms with Crippen molar-refractivity contribution in [2.45, 2.75) is 31.4 Å². The smallest absolute Gasteiger partial charge is 0.254 e. The zero-order chi connectivity index (χ0) is 20.1. The van der Waals surface area contributed by atoms with Crippen LogP contribution in [0.2, 0.25) is 0 Å². The highest BCUT2D eigenvalue weighted by atomic mass is 35.5. The van der Waals surface area contributed by atoms with Crippen LogP contribution in [0.1, 0.15) is 19.8 Å². The maximum Gasteiger partial charge on any atom is 0.254 e. The Kier molecular flexibility index (Phi) is 10.5. The zero-order valence-corrected chi connectivity index (χ0v) is 19.0. The second kappa shape index (κ2) is 11.8. The first-order valence-corrected chi connectivity index (χ1v) is 9.81. The Balaban J connectivity index is 0.00000225. The van der Waals surface area contributed by atoms with Gasteiger partial charge in [-0.15, -0.1) is 24.8 Å². The van der Waals surface area contributed by atoms with Crippen LogP contribution in [0, 0.1) is 5.82 Å². The summed E-state index contributed by atoms with van der Waals surface area (Å²) in [5, 5.41) is 6.02. The van der Waals surface area contributed by atoms with Crippen LogP contribution in [0.15, 0.2) is 24.3 Å². The number of methoxy groups -OCH3 is 1. The van der Waals surface area contributed by atoms with Gasteiger partial charge in [-0.1, -0.05) is 6.07 Å². The summed E-state index contributed by atoms with van der Waals surface area (Å²) in [7, 11) is 1.61. The van der Waals surface area contributed by atoms with E-state index in [2.05, 4.69) is 10.6 Å². The average Bonchev–Trinajstić information content (AvgIpc) is 2.73. The zero-order valence-electron chi connectivity index (χ0n) is 17.4.